The number of anilines is 1. The first kappa shape index (κ1) is 15.8. The van der Waals surface area contributed by atoms with E-state index in [9.17, 15) is 9.59 Å². The van der Waals surface area contributed by atoms with Gasteiger partial charge in [0.15, 0.2) is 0 Å². The minimum Gasteiger partial charge on any atom is -0.344 e. The average molecular weight is 310 g/mol. The van der Waals surface area contributed by atoms with E-state index in [1.807, 2.05) is 6.92 Å². The molecule has 0 spiro atoms. The van der Waals surface area contributed by atoms with Crippen molar-refractivity contribution in [3.63, 3.8) is 0 Å². The highest BCUT2D eigenvalue weighted by atomic mass is 35.5. The van der Waals surface area contributed by atoms with Gasteiger partial charge in [-0.25, -0.2) is 0 Å². The molecule has 1 aliphatic heterocycles. The lowest BCUT2D eigenvalue weighted by molar-refractivity contribution is -0.126. The molecule has 114 valence electrons. The summed E-state index contributed by atoms with van der Waals surface area (Å²) in [5.74, 6) is -0.199. The van der Waals surface area contributed by atoms with E-state index in [1.54, 1.807) is 29.2 Å². The summed E-state index contributed by atoms with van der Waals surface area (Å²) >= 11 is 5.84. The van der Waals surface area contributed by atoms with Gasteiger partial charge in [0.25, 0.3) is 0 Å². The minimum atomic E-state index is -0.443. The Labute approximate surface area is 129 Å². The zero-order valence-corrected chi connectivity index (χ0v) is 12.8. The van der Waals surface area contributed by atoms with Gasteiger partial charge < -0.3 is 16.0 Å². The summed E-state index contributed by atoms with van der Waals surface area (Å²) in [6.45, 7) is 2.45. The summed E-state index contributed by atoms with van der Waals surface area (Å²) in [5.41, 5.74) is 6.42. The Morgan fingerprint density at radius 1 is 1.48 bits per heavy atom. The molecule has 3 N–H and O–H groups in total. The van der Waals surface area contributed by atoms with Crippen molar-refractivity contribution in [1.29, 1.82) is 0 Å². The maximum Gasteiger partial charge on any atom is 0.249 e. The van der Waals surface area contributed by atoms with Gasteiger partial charge in [-0.3, -0.25) is 9.59 Å². The highest BCUT2D eigenvalue weighted by molar-refractivity contribution is 6.30. The van der Waals surface area contributed by atoms with E-state index in [1.165, 1.54) is 0 Å². The Morgan fingerprint density at radius 3 is 2.76 bits per heavy atom. The molecule has 1 aliphatic rings. The van der Waals surface area contributed by atoms with Crippen LogP contribution in [0.25, 0.3) is 0 Å². The van der Waals surface area contributed by atoms with Crippen molar-refractivity contribution < 1.29 is 9.59 Å². The van der Waals surface area contributed by atoms with Gasteiger partial charge in [-0.05, 0) is 44.0 Å². The fourth-order valence-electron chi connectivity index (χ4n) is 2.32. The lowest BCUT2D eigenvalue weighted by Gasteiger charge is -2.17. The van der Waals surface area contributed by atoms with Crippen molar-refractivity contribution in [2.24, 2.45) is 5.73 Å². The molecule has 1 aromatic carbocycles. The molecule has 0 saturated carbocycles. The largest absolute Gasteiger partial charge is 0.344 e. The van der Waals surface area contributed by atoms with Crippen molar-refractivity contribution in [2.45, 2.75) is 38.3 Å². The Hall–Kier alpha value is -1.59. The molecule has 2 rings (SSSR count). The molecule has 0 bridgehead atoms. The van der Waals surface area contributed by atoms with E-state index in [2.05, 4.69) is 5.32 Å². The maximum absolute atomic E-state index is 12.3. The Kier molecular flexibility index (Phi) is 5.20. The van der Waals surface area contributed by atoms with Crippen LogP contribution in [-0.2, 0) is 9.59 Å². The molecular weight excluding hydrogens is 290 g/mol. The average Bonchev–Trinajstić information content (AvgIpc) is 2.79. The summed E-state index contributed by atoms with van der Waals surface area (Å²) in [5, 5.41) is 3.41. The molecule has 1 aromatic rings. The summed E-state index contributed by atoms with van der Waals surface area (Å²) in [7, 11) is 0. The molecule has 1 fully saturated rings. The van der Waals surface area contributed by atoms with Gasteiger partial charge in [-0.2, -0.15) is 0 Å². The van der Waals surface area contributed by atoms with E-state index >= 15 is 0 Å². The first-order chi connectivity index (χ1) is 9.97. The predicted molar refractivity (Wildman–Crippen MR) is 83.2 cm³/mol. The second-order valence-electron chi connectivity index (χ2n) is 5.39. The van der Waals surface area contributed by atoms with Crippen LogP contribution in [0.4, 0.5) is 5.69 Å². The van der Waals surface area contributed by atoms with Crippen LogP contribution in [0.1, 0.15) is 26.2 Å². The number of nitrogens with zero attached hydrogens (tertiary/aromatic N) is 1. The molecule has 0 radical (unpaired) electrons. The molecular formula is C15H20ClN3O2. The van der Waals surface area contributed by atoms with E-state index in [4.69, 9.17) is 17.3 Å². The van der Waals surface area contributed by atoms with Crippen molar-refractivity contribution in [2.75, 3.05) is 11.4 Å². The summed E-state index contributed by atoms with van der Waals surface area (Å²) in [4.78, 5) is 25.8. The third-order valence-corrected chi connectivity index (χ3v) is 3.76. The zero-order chi connectivity index (χ0) is 15.4. The number of nitrogens with one attached hydrogen (secondary N) is 1. The summed E-state index contributed by atoms with van der Waals surface area (Å²) in [6, 6.07) is 6.65. The van der Waals surface area contributed by atoms with Crippen molar-refractivity contribution >= 4 is 29.1 Å². The van der Waals surface area contributed by atoms with E-state index in [0.717, 1.165) is 5.69 Å². The highest BCUT2D eigenvalue weighted by Crippen LogP contribution is 2.23. The van der Waals surface area contributed by atoms with E-state index in [-0.39, 0.29) is 17.9 Å². The number of nitrogens with two attached hydrogens (primary N) is 1. The monoisotopic (exact) mass is 309 g/mol. The Morgan fingerprint density at radius 2 is 2.14 bits per heavy atom. The zero-order valence-electron chi connectivity index (χ0n) is 12.0. The molecule has 2 unspecified atom stereocenters. The number of carbonyl (C=O) groups excluding carboxylic acids is 2. The number of hydrogen-bond donors (Lipinski definition) is 2. The van der Waals surface area contributed by atoms with Crippen LogP contribution in [0.15, 0.2) is 24.3 Å². The summed E-state index contributed by atoms with van der Waals surface area (Å²) in [6.07, 6.45) is 1.58. The number of rotatable bonds is 5. The van der Waals surface area contributed by atoms with Crippen LogP contribution in [0.3, 0.4) is 0 Å². The second-order valence-corrected chi connectivity index (χ2v) is 5.83. The lowest BCUT2D eigenvalue weighted by Crippen LogP contribution is -2.41. The highest BCUT2D eigenvalue weighted by Gasteiger charge is 2.33. The number of carbonyl (C=O) groups is 2. The Bertz CT molecular complexity index is 516. The smallest absolute Gasteiger partial charge is 0.249 e. The normalized spacial score (nSPS) is 19.7. The van der Waals surface area contributed by atoms with E-state index < -0.39 is 6.04 Å². The number of amides is 2. The minimum absolute atomic E-state index is 0.0133. The standard InChI is InChI=1S/C15H20ClN3O2/c1-10(17)2-7-14(20)18-13-8-9-19(15(13)21)12-5-3-11(16)4-6-12/h3-6,10,13H,2,7-9,17H2,1H3,(H,18,20). The molecule has 2 atom stereocenters. The first-order valence-electron chi connectivity index (χ1n) is 7.09. The van der Waals surface area contributed by atoms with Crippen LogP contribution >= 0.6 is 11.6 Å². The fourth-order valence-corrected chi connectivity index (χ4v) is 2.44. The molecule has 6 heteroatoms. The quantitative estimate of drug-likeness (QED) is 0.869. The summed E-state index contributed by atoms with van der Waals surface area (Å²) < 4.78 is 0. The van der Waals surface area contributed by atoms with Crippen LogP contribution in [0.2, 0.25) is 5.02 Å². The van der Waals surface area contributed by atoms with Crippen molar-refractivity contribution in [3.8, 4) is 0 Å². The number of hydrogen-bond acceptors (Lipinski definition) is 3. The van der Waals surface area contributed by atoms with Gasteiger partial charge in [0.2, 0.25) is 11.8 Å². The first-order valence-corrected chi connectivity index (χ1v) is 7.47. The molecule has 5 nitrogen and oxygen atoms in total. The molecule has 2 amide bonds. The number of benzene rings is 1. The fraction of sp³-hybridized carbons (Fsp3) is 0.467. The van der Waals surface area contributed by atoms with Gasteiger partial charge in [-0.1, -0.05) is 11.6 Å². The van der Waals surface area contributed by atoms with Crippen LogP contribution < -0.4 is 16.0 Å². The predicted octanol–water partition coefficient (Wildman–Crippen LogP) is 1.69. The van der Waals surface area contributed by atoms with Gasteiger partial charge in [0.1, 0.15) is 6.04 Å². The van der Waals surface area contributed by atoms with Gasteiger partial charge in [-0.15, -0.1) is 0 Å². The molecule has 0 aromatic heterocycles. The Balaban J connectivity index is 1.92. The second kappa shape index (κ2) is 6.91. The number of halogens is 1. The topological polar surface area (TPSA) is 75.4 Å². The molecule has 1 saturated heterocycles. The van der Waals surface area contributed by atoms with Crippen molar-refractivity contribution in [3.05, 3.63) is 29.3 Å². The van der Waals surface area contributed by atoms with Crippen LogP contribution in [0, 0.1) is 0 Å². The maximum atomic E-state index is 12.3. The van der Waals surface area contributed by atoms with Crippen LogP contribution in [-0.4, -0.2) is 30.4 Å². The van der Waals surface area contributed by atoms with E-state index in [0.29, 0.717) is 30.8 Å². The SMILES string of the molecule is CC(N)CCC(=O)NC1CCN(c2ccc(Cl)cc2)C1=O. The van der Waals surface area contributed by atoms with Gasteiger partial charge in [0.05, 0.1) is 0 Å². The van der Waals surface area contributed by atoms with Crippen LogP contribution in [0.5, 0.6) is 0 Å². The molecule has 21 heavy (non-hydrogen) atoms. The van der Waals surface area contributed by atoms with Crippen molar-refractivity contribution in [1.82, 2.24) is 5.32 Å². The third kappa shape index (κ3) is 4.19. The molecule has 0 aliphatic carbocycles. The van der Waals surface area contributed by atoms with Gasteiger partial charge in [0, 0.05) is 29.7 Å². The molecule has 1 heterocycles. The van der Waals surface area contributed by atoms with Gasteiger partial charge >= 0.3 is 0 Å². The lowest BCUT2D eigenvalue weighted by atomic mass is 10.1. The third-order valence-electron chi connectivity index (χ3n) is 3.51.